The van der Waals surface area contributed by atoms with E-state index in [1.54, 1.807) is 6.20 Å². The lowest BCUT2D eigenvalue weighted by Gasteiger charge is -2.22. The Morgan fingerprint density at radius 3 is 2.79 bits per heavy atom. The zero-order valence-electron chi connectivity index (χ0n) is 8.57. The van der Waals surface area contributed by atoms with Crippen LogP contribution in [0.4, 0.5) is 0 Å². The third-order valence-electron chi connectivity index (χ3n) is 2.59. The molecule has 3 nitrogen and oxygen atoms in total. The van der Waals surface area contributed by atoms with Crippen LogP contribution < -0.4 is 4.74 Å². The molecule has 0 unspecified atom stereocenters. The van der Waals surface area contributed by atoms with Crippen molar-refractivity contribution < 1.29 is 4.74 Å². The Kier molecular flexibility index (Phi) is 2.96. The smallest absolute Gasteiger partial charge is 0.216 e. The van der Waals surface area contributed by atoms with Gasteiger partial charge >= 0.3 is 0 Å². The maximum atomic E-state index is 5.78. The van der Waals surface area contributed by atoms with Crippen LogP contribution in [0, 0.1) is 6.92 Å². The summed E-state index contributed by atoms with van der Waals surface area (Å²) in [4.78, 5) is 8.28. The fourth-order valence-corrected chi connectivity index (χ4v) is 1.85. The van der Waals surface area contributed by atoms with Gasteiger partial charge in [0.1, 0.15) is 11.9 Å². The number of hydrogen-bond acceptors (Lipinski definition) is 3. The molecule has 0 spiro atoms. The Bertz CT molecular complexity index is 295. The predicted octanol–water partition coefficient (Wildman–Crippen LogP) is 2.50. The summed E-state index contributed by atoms with van der Waals surface area (Å²) in [5.74, 6) is 1.50. The molecule has 1 fully saturated rings. The Labute approximate surface area is 84.5 Å². The van der Waals surface area contributed by atoms with Crippen LogP contribution in [-0.2, 0) is 0 Å². The van der Waals surface area contributed by atoms with Crippen molar-refractivity contribution in [3.05, 3.63) is 18.1 Å². The Morgan fingerprint density at radius 1 is 1.29 bits per heavy atom. The minimum Gasteiger partial charge on any atom is -0.474 e. The molecule has 0 aliphatic heterocycles. The van der Waals surface area contributed by atoms with Crippen molar-refractivity contribution in [1.29, 1.82) is 0 Å². The lowest BCUT2D eigenvalue weighted by atomic mass is 9.98. The van der Waals surface area contributed by atoms with E-state index in [0.717, 1.165) is 11.7 Å². The summed E-state index contributed by atoms with van der Waals surface area (Å²) in [6, 6.07) is 1.83. The van der Waals surface area contributed by atoms with E-state index in [2.05, 4.69) is 9.97 Å². The minimum atomic E-state index is 0.373. The molecule has 2 rings (SSSR count). The van der Waals surface area contributed by atoms with Gasteiger partial charge in [0.25, 0.3) is 0 Å². The highest BCUT2D eigenvalue weighted by molar-refractivity contribution is 5.08. The summed E-state index contributed by atoms with van der Waals surface area (Å²) < 4.78 is 5.78. The summed E-state index contributed by atoms with van der Waals surface area (Å²) in [5, 5.41) is 0. The lowest BCUT2D eigenvalue weighted by Crippen LogP contribution is -2.20. The highest BCUT2D eigenvalue weighted by atomic mass is 16.5. The van der Waals surface area contributed by atoms with Crippen LogP contribution in [0.1, 0.15) is 37.9 Å². The molecule has 1 aromatic rings. The van der Waals surface area contributed by atoms with Gasteiger partial charge in [-0.15, -0.1) is 0 Å². The van der Waals surface area contributed by atoms with Crippen LogP contribution in [0.25, 0.3) is 0 Å². The largest absolute Gasteiger partial charge is 0.474 e. The van der Waals surface area contributed by atoms with Crippen molar-refractivity contribution >= 4 is 0 Å². The SMILES string of the molecule is Cc1nccc(OC2CCCCC2)n1. The van der Waals surface area contributed by atoms with Crippen LogP contribution in [0.5, 0.6) is 5.88 Å². The van der Waals surface area contributed by atoms with Crippen molar-refractivity contribution in [2.75, 3.05) is 0 Å². The molecule has 1 aliphatic rings. The summed E-state index contributed by atoms with van der Waals surface area (Å²) in [7, 11) is 0. The molecule has 0 bridgehead atoms. The molecule has 0 saturated heterocycles. The number of hydrogen-bond donors (Lipinski definition) is 0. The topological polar surface area (TPSA) is 35.0 Å². The molecule has 76 valence electrons. The van der Waals surface area contributed by atoms with E-state index in [1.807, 2.05) is 13.0 Å². The number of nitrogens with zero attached hydrogens (tertiary/aromatic N) is 2. The fourth-order valence-electron chi connectivity index (χ4n) is 1.85. The van der Waals surface area contributed by atoms with E-state index in [-0.39, 0.29) is 0 Å². The summed E-state index contributed by atoms with van der Waals surface area (Å²) in [6.45, 7) is 1.88. The van der Waals surface area contributed by atoms with Crippen LogP contribution in [-0.4, -0.2) is 16.1 Å². The maximum absolute atomic E-state index is 5.78. The first-order chi connectivity index (χ1) is 6.84. The molecule has 14 heavy (non-hydrogen) atoms. The quantitative estimate of drug-likeness (QED) is 0.722. The first-order valence-electron chi connectivity index (χ1n) is 5.31. The third-order valence-corrected chi connectivity index (χ3v) is 2.59. The Morgan fingerprint density at radius 2 is 2.07 bits per heavy atom. The fraction of sp³-hybridized carbons (Fsp3) is 0.636. The second kappa shape index (κ2) is 4.40. The molecular formula is C11H16N2O. The van der Waals surface area contributed by atoms with Crippen molar-refractivity contribution in [3.63, 3.8) is 0 Å². The van der Waals surface area contributed by atoms with Crippen molar-refractivity contribution in [2.24, 2.45) is 0 Å². The normalized spacial score (nSPS) is 18.1. The molecule has 0 aromatic carbocycles. The van der Waals surface area contributed by atoms with E-state index in [4.69, 9.17) is 4.74 Å². The summed E-state index contributed by atoms with van der Waals surface area (Å²) in [6.07, 6.45) is 8.39. The highest BCUT2D eigenvalue weighted by Crippen LogP contribution is 2.21. The lowest BCUT2D eigenvalue weighted by molar-refractivity contribution is 0.148. The van der Waals surface area contributed by atoms with E-state index in [0.29, 0.717) is 6.10 Å². The second-order valence-electron chi connectivity index (χ2n) is 3.82. The van der Waals surface area contributed by atoms with Gasteiger partial charge in [-0.2, -0.15) is 4.98 Å². The van der Waals surface area contributed by atoms with Gasteiger partial charge in [-0.3, -0.25) is 0 Å². The van der Waals surface area contributed by atoms with Crippen molar-refractivity contribution in [3.8, 4) is 5.88 Å². The van der Waals surface area contributed by atoms with Crippen molar-refractivity contribution in [2.45, 2.75) is 45.1 Å². The average Bonchev–Trinajstić information content (AvgIpc) is 2.19. The average molecular weight is 192 g/mol. The third kappa shape index (κ3) is 2.44. The van der Waals surface area contributed by atoms with E-state index < -0.39 is 0 Å². The maximum Gasteiger partial charge on any atom is 0.216 e. The molecule has 1 saturated carbocycles. The zero-order chi connectivity index (χ0) is 9.80. The first-order valence-corrected chi connectivity index (χ1v) is 5.31. The van der Waals surface area contributed by atoms with Gasteiger partial charge in [-0.05, 0) is 32.6 Å². The van der Waals surface area contributed by atoms with Gasteiger partial charge in [0.05, 0.1) is 0 Å². The molecule has 1 aromatic heterocycles. The number of ether oxygens (including phenoxy) is 1. The highest BCUT2D eigenvalue weighted by Gasteiger charge is 2.15. The van der Waals surface area contributed by atoms with E-state index in [1.165, 1.54) is 32.1 Å². The van der Waals surface area contributed by atoms with Crippen LogP contribution in [0.2, 0.25) is 0 Å². The monoisotopic (exact) mass is 192 g/mol. The van der Waals surface area contributed by atoms with Gasteiger partial charge in [-0.25, -0.2) is 4.98 Å². The number of aromatic nitrogens is 2. The molecule has 1 aliphatic carbocycles. The Balaban J connectivity index is 1.95. The Hall–Kier alpha value is -1.12. The first kappa shape index (κ1) is 9.44. The summed E-state index contributed by atoms with van der Waals surface area (Å²) in [5.41, 5.74) is 0. The van der Waals surface area contributed by atoms with Gasteiger partial charge in [0.15, 0.2) is 0 Å². The zero-order valence-corrected chi connectivity index (χ0v) is 8.57. The molecule has 0 N–H and O–H groups in total. The summed E-state index contributed by atoms with van der Waals surface area (Å²) >= 11 is 0. The van der Waals surface area contributed by atoms with Crippen molar-refractivity contribution in [1.82, 2.24) is 9.97 Å². The molecule has 0 radical (unpaired) electrons. The second-order valence-corrected chi connectivity index (χ2v) is 3.82. The molecule has 1 heterocycles. The van der Waals surface area contributed by atoms with E-state index in [9.17, 15) is 0 Å². The van der Waals surface area contributed by atoms with Gasteiger partial charge < -0.3 is 4.74 Å². The van der Waals surface area contributed by atoms with E-state index >= 15 is 0 Å². The van der Waals surface area contributed by atoms with Crippen LogP contribution >= 0.6 is 0 Å². The minimum absolute atomic E-state index is 0.373. The number of aryl methyl sites for hydroxylation is 1. The van der Waals surface area contributed by atoms with Gasteiger partial charge in [0, 0.05) is 12.3 Å². The van der Waals surface area contributed by atoms with Crippen LogP contribution in [0.3, 0.4) is 0 Å². The molecular weight excluding hydrogens is 176 g/mol. The molecule has 0 amide bonds. The van der Waals surface area contributed by atoms with Gasteiger partial charge in [0.2, 0.25) is 5.88 Å². The predicted molar refractivity (Wildman–Crippen MR) is 54.3 cm³/mol. The number of rotatable bonds is 2. The molecule has 3 heteroatoms. The van der Waals surface area contributed by atoms with Crippen LogP contribution in [0.15, 0.2) is 12.3 Å². The molecule has 0 atom stereocenters. The van der Waals surface area contributed by atoms with Gasteiger partial charge in [-0.1, -0.05) is 6.42 Å². The standard InChI is InChI=1S/C11H16N2O/c1-9-12-8-7-11(13-9)14-10-5-3-2-4-6-10/h7-8,10H,2-6H2,1H3.